The summed E-state index contributed by atoms with van der Waals surface area (Å²) in [5.41, 5.74) is 1.19. The molecule has 1 fully saturated rings. The molecule has 1 N–H and O–H groups in total. The summed E-state index contributed by atoms with van der Waals surface area (Å²) in [6.07, 6.45) is 2.84. The Kier molecular flexibility index (Phi) is 7.17. The molecule has 1 aliphatic rings. The first-order valence-electron chi connectivity index (χ1n) is 7.82. The summed E-state index contributed by atoms with van der Waals surface area (Å²) < 4.78 is 12.9. The second-order valence-electron chi connectivity index (χ2n) is 6.15. The van der Waals surface area contributed by atoms with Gasteiger partial charge >= 0.3 is 0 Å². The van der Waals surface area contributed by atoms with Crippen LogP contribution in [0.2, 0.25) is 0 Å². The van der Waals surface area contributed by atoms with Gasteiger partial charge in [-0.25, -0.2) is 0 Å². The molecule has 0 bridgehead atoms. The van der Waals surface area contributed by atoms with Gasteiger partial charge in [-0.05, 0) is 43.0 Å². The van der Waals surface area contributed by atoms with Crippen molar-refractivity contribution in [3.8, 4) is 0 Å². The summed E-state index contributed by atoms with van der Waals surface area (Å²) in [7, 11) is 0. The fourth-order valence-corrected chi connectivity index (χ4v) is 2.97. The molecule has 3 nitrogen and oxygen atoms in total. The summed E-state index contributed by atoms with van der Waals surface area (Å²) in [5.74, 6) is 0.690. The van der Waals surface area contributed by atoms with Crippen molar-refractivity contribution in [2.45, 2.75) is 45.5 Å². The fourth-order valence-electron chi connectivity index (χ4n) is 2.52. The van der Waals surface area contributed by atoms with E-state index in [9.17, 15) is 0 Å². The molecular formula is C17H26BrNO2. The third kappa shape index (κ3) is 6.47. The van der Waals surface area contributed by atoms with Crippen LogP contribution in [-0.2, 0) is 16.1 Å². The van der Waals surface area contributed by atoms with Crippen molar-refractivity contribution in [2.75, 3.05) is 19.7 Å². The van der Waals surface area contributed by atoms with Crippen molar-refractivity contribution in [3.63, 3.8) is 0 Å². The molecule has 1 aliphatic heterocycles. The number of hydrogen-bond donors (Lipinski definition) is 1. The lowest BCUT2D eigenvalue weighted by atomic mass is 10.2. The highest BCUT2D eigenvalue weighted by atomic mass is 79.9. The molecule has 1 aromatic rings. The van der Waals surface area contributed by atoms with Crippen molar-refractivity contribution < 1.29 is 9.47 Å². The van der Waals surface area contributed by atoms with Crippen LogP contribution in [0.3, 0.4) is 0 Å². The molecule has 0 spiro atoms. The molecule has 0 saturated carbocycles. The van der Waals surface area contributed by atoms with Crippen LogP contribution in [0, 0.1) is 5.92 Å². The number of benzene rings is 1. The second kappa shape index (κ2) is 8.89. The molecule has 2 unspecified atom stereocenters. The second-order valence-corrected chi connectivity index (χ2v) is 7.07. The average molecular weight is 356 g/mol. The molecule has 2 rings (SSSR count). The van der Waals surface area contributed by atoms with Gasteiger partial charge in [-0.1, -0.05) is 41.9 Å². The van der Waals surface area contributed by atoms with Gasteiger partial charge in [-0.2, -0.15) is 0 Å². The van der Waals surface area contributed by atoms with E-state index < -0.39 is 0 Å². The first-order valence-corrected chi connectivity index (χ1v) is 8.61. The van der Waals surface area contributed by atoms with E-state index in [1.165, 1.54) is 5.56 Å². The molecule has 4 heteroatoms. The van der Waals surface area contributed by atoms with Gasteiger partial charge < -0.3 is 14.8 Å². The summed E-state index contributed by atoms with van der Waals surface area (Å²) in [5, 5.41) is 3.46. The third-order valence-corrected chi connectivity index (χ3v) is 4.07. The maximum absolute atomic E-state index is 6.01. The molecule has 1 aromatic carbocycles. The van der Waals surface area contributed by atoms with Gasteiger partial charge in [0.15, 0.2) is 0 Å². The molecule has 118 valence electrons. The van der Waals surface area contributed by atoms with E-state index in [2.05, 4.69) is 47.2 Å². The Morgan fingerprint density at radius 2 is 2.14 bits per heavy atom. The van der Waals surface area contributed by atoms with E-state index in [0.717, 1.165) is 30.4 Å². The van der Waals surface area contributed by atoms with E-state index in [1.54, 1.807) is 0 Å². The van der Waals surface area contributed by atoms with Crippen LogP contribution < -0.4 is 5.32 Å². The summed E-state index contributed by atoms with van der Waals surface area (Å²) in [6, 6.07) is 8.23. The highest BCUT2D eigenvalue weighted by Gasteiger charge is 2.24. The molecule has 1 heterocycles. The van der Waals surface area contributed by atoms with Crippen LogP contribution in [-0.4, -0.2) is 31.9 Å². The highest BCUT2D eigenvalue weighted by molar-refractivity contribution is 9.10. The topological polar surface area (TPSA) is 30.5 Å². The van der Waals surface area contributed by atoms with Gasteiger partial charge in [0, 0.05) is 11.0 Å². The number of ether oxygens (including phenoxy) is 2. The smallest absolute Gasteiger partial charge is 0.0814 e. The lowest BCUT2D eigenvalue weighted by Crippen LogP contribution is -2.30. The molecule has 0 radical (unpaired) electrons. The van der Waals surface area contributed by atoms with Crippen LogP contribution >= 0.6 is 15.9 Å². The zero-order chi connectivity index (χ0) is 15.1. The lowest BCUT2D eigenvalue weighted by Gasteiger charge is -2.15. The predicted octanol–water partition coefficient (Wildman–Crippen LogP) is 3.76. The fraction of sp³-hybridized carbons (Fsp3) is 0.647. The van der Waals surface area contributed by atoms with Gasteiger partial charge in [0.2, 0.25) is 0 Å². The quantitative estimate of drug-likeness (QED) is 0.769. The van der Waals surface area contributed by atoms with Gasteiger partial charge in [0.1, 0.15) is 0 Å². The van der Waals surface area contributed by atoms with E-state index >= 15 is 0 Å². The van der Waals surface area contributed by atoms with Crippen molar-refractivity contribution >= 4 is 15.9 Å². The first-order chi connectivity index (χ1) is 10.1. The van der Waals surface area contributed by atoms with Gasteiger partial charge in [-0.3, -0.25) is 0 Å². The Hall–Kier alpha value is -0.420. The molecule has 0 aromatic heterocycles. The largest absolute Gasteiger partial charge is 0.374 e. The Bertz CT molecular complexity index is 425. The van der Waals surface area contributed by atoms with E-state index in [1.807, 2.05) is 12.1 Å². The van der Waals surface area contributed by atoms with Crippen molar-refractivity contribution in [2.24, 2.45) is 5.92 Å². The Balaban J connectivity index is 1.60. The van der Waals surface area contributed by atoms with Crippen molar-refractivity contribution in [3.05, 3.63) is 34.3 Å². The average Bonchev–Trinajstić information content (AvgIpc) is 2.86. The first kappa shape index (κ1) is 16.9. The van der Waals surface area contributed by atoms with Gasteiger partial charge in [-0.15, -0.1) is 0 Å². The maximum atomic E-state index is 6.01. The minimum absolute atomic E-state index is 0.253. The monoisotopic (exact) mass is 355 g/mol. The zero-order valence-corrected chi connectivity index (χ0v) is 14.6. The van der Waals surface area contributed by atoms with Crippen LogP contribution in [0.15, 0.2) is 28.7 Å². The number of hydrogen-bond acceptors (Lipinski definition) is 3. The van der Waals surface area contributed by atoms with Crippen molar-refractivity contribution in [1.82, 2.24) is 5.32 Å². The summed E-state index contributed by atoms with van der Waals surface area (Å²) in [6.45, 7) is 7.80. The standard InChI is InChI=1S/C17H26BrNO2/c1-13(2)9-19-10-16-6-7-17(21-16)12-20-11-14-4-3-5-15(18)8-14/h3-5,8,13,16-17,19H,6-7,9-12H2,1-2H3. The molecular weight excluding hydrogens is 330 g/mol. The molecule has 21 heavy (non-hydrogen) atoms. The van der Waals surface area contributed by atoms with Crippen LogP contribution in [0.4, 0.5) is 0 Å². The van der Waals surface area contributed by atoms with E-state index in [0.29, 0.717) is 25.2 Å². The summed E-state index contributed by atoms with van der Waals surface area (Å²) in [4.78, 5) is 0. The van der Waals surface area contributed by atoms with E-state index in [4.69, 9.17) is 9.47 Å². The Morgan fingerprint density at radius 1 is 1.33 bits per heavy atom. The Morgan fingerprint density at radius 3 is 2.90 bits per heavy atom. The SMILES string of the molecule is CC(C)CNCC1CCC(COCc2cccc(Br)c2)O1. The predicted molar refractivity (Wildman–Crippen MR) is 89.4 cm³/mol. The van der Waals surface area contributed by atoms with E-state index in [-0.39, 0.29) is 6.10 Å². The number of rotatable bonds is 8. The Labute approximate surface area is 136 Å². The van der Waals surface area contributed by atoms with Crippen molar-refractivity contribution in [1.29, 1.82) is 0 Å². The van der Waals surface area contributed by atoms with Gasteiger partial charge in [0.25, 0.3) is 0 Å². The molecule has 1 saturated heterocycles. The van der Waals surface area contributed by atoms with Crippen LogP contribution in [0.25, 0.3) is 0 Å². The molecule has 2 atom stereocenters. The minimum Gasteiger partial charge on any atom is -0.374 e. The minimum atomic E-state index is 0.253. The summed E-state index contributed by atoms with van der Waals surface area (Å²) >= 11 is 3.48. The van der Waals surface area contributed by atoms with Crippen LogP contribution in [0.1, 0.15) is 32.3 Å². The normalized spacial score (nSPS) is 22.1. The number of nitrogens with one attached hydrogen (secondary N) is 1. The highest BCUT2D eigenvalue weighted by Crippen LogP contribution is 2.20. The van der Waals surface area contributed by atoms with Crippen LogP contribution in [0.5, 0.6) is 0 Å². The molecule has 0 aliphatic carbocycles. The maximum Gasteiger partial charge on any atom is 0.0814 e. The molecule has 0 amide bonds. The lowest BCUT2D eigenvalue weighted by molar-refractivity contribution is -0.0191. The van der Waals surface area contributed by atoms with Gasteiger partial charge in [0.05, 0.1) is 25.4 Å². The third-order valence-electron chi connectivity index (χ3n) is 3.58. The number of halogens is 1. The zero-order valence-electron chi connectivity index (χ0n) is 13.0.